The van der Waals surface area contributed by atoms with E-state index in [1.54, 1.807) is 13.8 Å². The topological polar surface area (TPSA) is 92.4 Å². The van der Waals surface area contributed by atoms with Crippen LogP contribution in [0, 0.1) is 6.92 Å². The zero-order valence-corrected chi connectivity index (χ0v) is 12.7. The predicted octanol–water partition coefficient (Wildman–Crippen LogP) is 0.928. The number of nitrogens with one attached hydrogen (secondary N) is 1. The van der Waals surface area contributed by atoms with Crippen LogP contribution in [0.15, 0.2) is 11.1 Å². The molecule has 2 rings (SSSR count). The molecule has 1 N–H and O–H groups in total. The predicted molar refractivity (Wildman–Crippen MR) is 78.6 cm³/mol. The fourth-order valence-electron chi connectivity index (χ4n) is 1.93. The molecule has 0 aliphatic carbocycles. The highest BCUT2D eigenvalue weighted by Gasteiger charge is 2.22. The zero-order valence-electron chi connectivity index (χ0n) is 11.9. The Morgan fingerprint density at radius 2 is 2.19 bits per heavy atom. The van der Waals surface area contributed by atoms with Crippen molar-refractivity contribution in [3.8, 4) is 0 Å². The minimum Gasteiger partial charge on any atom is -0.465 e. The van der Waals surface area contributed by atoms with Crippen molar-refractivity contribution in [3.63, 3.8) is 0 Å². The quantitative estimate of drug-likeness (QED) is 0.848. The normalized spacial score (nSPS) is 10.6. The van der Waals surface area contributed by atoms with E-state index in [9.17, 15) is 14.4 Å². The van der Waals surface area contributed by atoms with E-state index in [4.69, 9.17) is 4.74 Å². The third-order valence-electron chi connectivity index (χ3n) is 2.95. The van der Waals surface area contributed by atoms with Gasteiger partial charge in [-0.15, -0.1) is 11.3 Å². The van der Waals surface area contributed by atoms with E-state index in [2.05, 4.69) is 9.97 Å². The molecule has 0 aliphatic rings. The SMILES string of the molecule is CCOC(=O)CN(C)C(=O)c1sc2nc[nH]c(=O)c2c1C. The van der Waals surface area contributed by atoms with Crippen LogP contribution in [0.25, 0.3) is 10.2 Å². The number of rotatable bonds is 4. The molecular formula is C13H15N3O4S. The lowest BCUT2D eigenvalue weighted by Crippen LogP contribution is -2.32. The second-order valence-corrected chi connectivity index (χ2v) is 5.43. The summed E-state index contributed by atoms with van der Waals surface area (Å²) in [5.41, 5.74) is 0.297. The lowest BCUT2D eigenvalue weighted by Gasteiger charge is -2.15. The second kappa shape index (κ2) is 6.04. The summed E-state index contributed by atoms with van der Waals surface area (Å²) in [7, 11) is 1.51. The number of carbonyl (C=O) groups is 2. The van der Waals surface area contributed by atoms with E-state index in [1.807, 2.05) is 0 Å². The zero-order chi connectivity index (χ0) is 15.6. The van der Waals surface area contributed by atoms with Crippen LogP contribution >= 0.6 is 11.3 Å². The number of carbonyl (C=O) groups excluding carboxylic acids is 2. The molecular weight excluding hydrogens is 294 g/mol. The maximum Gasteiger partial charge on any atom is 0.325 e. The Kier molecular flexibility index (Phi) is 4.37. The van der Waals surface area contributed by atoms with E-state index >= 15 is 0 Å². The van der Waals surface area contributed by atoms with Gasteiger partial charge in [0.05, 0.1) is 23.2 Å². The van der Waals surface area contributed by atoms with Crippen LogP contribution in [0.5, 0.6) is 0 Å². The molecule has 0 saturated heterocycles. The highest BCUT2D eigenvalue weighted by atomic mass is 32.1. The molecule has 2 aromatic heterocycles. The molecule has 2 aromatic rings. The van der Waals surface area contributed by atoms with Gasteiger partial charge in [0.1, 0.15) is 11.4 Å². The third-order valence-corrected chi connectivity index (χ3v) is 4.13. The number of aromatic nitrogens is 2. The van der Waals surface area contributed by atoms with Gasteiger partial charge in [-0.05, 0) is 19.4 Å². The number of aromatic amines is 1. The minimum atomic E-state index is -0.469. The summed E-state index contributed by atoms with van der Waals surface area (Å²) in [4.78, 5) is 44.3. The summed E-state index contributed by atoms with van der Waals surface area (Å²) in [6, 6.07) is 0. The second-order valence-electron chi connectivity index (χ2n) is 4.43. The Hall–Kier alpha value is -2.22. The first-order chi connectivity index (χ1) is 9.95. The summed E-state index contributed by atoms with van der Waals surface area (Å²) in [5, 5.41) is 0.412. The molecule has 0 aromatic carbocycles. The fourth-order valence-corrected chi connectivity index (χ4v) is 3.07. The van der Waals surface area contributed by atoms with Gasteiger partial charge in [0, 0.05) is 7.05 Å². The van der Waals surface area contributed by atoms with Crippen molar-refractivity contribution in [2.75, 3.05) is 20.2 Å². The molecule has 2 heterocycles. The van der Waals surface area contributed by atoms with Gasteiger partial charge in [-0.1, -0.05) is 0 Å². The van der Waals surface area contributed by atoms with Gasteiger partial charge in [-0.2, -0.15) is 0 Å². The molecule has 8 heteroatoms. The van der Waals surface area contributed by atoms with Gasteiger partial charge in [0.15, 0.2) is 0 Å². The minimum absolute atomic E-state index is 0.135. The smallest absolute Gasteiger partial charge is 0.325 e. The maximum absolute atomic E-state index is 12.4. The van der Waals surface area contributed by atoms with Crippen LogP contribution in [0.4, 0.5) is 0 Å². The summed E-state index contributed by atoms with van der Waals surface area (Å²) in [6.45, 7) is 3.53. The molecule has 1 amide bonds. The van der Waals surface area contributed by atoms with Crippen molar-refractivity contribution < 1.29 is 14.3 Å². The molecule has 7 nitrogen and oxygen atoms in total. The first-order valence-corrected chi connectivity index (χ1v) is 7.15. The highest BCUT2D eigenvalue weighted by Crippen LogP contribution is 2.27. The van der Waals surface area contributed by atoms with Crippen molar-refractivity contribution >= 4 is 33.4 Å². The fraction of sp³-hybridized carbons (Fsp3) is 0.385. The first-order valence-electron chi connectivity index (χ1n) is 6.33. The van der Waals surface area contributed by atoms with Gasteiger partial charge in [-0.3, -0.25) is 14.4 Å². The number of aryl methyl sites for hydroxylation is 1. The van der Waals surface area contributed by atoms with Crippen LogP contribution < -0.4 is 5.56 Å². The molecule has 0 atom stereocenters. The molecule has 112 valence electrons. The molecule has 0 bridgehead atoms. The van der Waals surface area contributed by atoms with Crippen molar-refractivity contribution in [2.24, 2.45) is 0 Å². The number of hydrogen-bond donors (Lipinski definition) is 1. The lowest BCUT2D eigenvalue weighted by molar-refractivity contribution is -0.143. The molecule has 0 saturated carbocycles. The summed E-state index contributed by atoms with van der Waals surface area (Å²) < 4.78 is 4.81. The summed E-state index contributed by atoms with van der Waals surface area (Å²) in [5.74, 6) is -0.800. The van der Waals surface area contributed by atoms with Crippen molar-refractivity contribution in [3.05, 3.63) is 27.1 Å². The van der Waals surface area contributed by atoms with Gasteiger partial charge >= 0.3 is 5.97 Å². The number of ether oxygens (including phenoxy) is 1. The average Bonchev–Trinajstić information content (AvgIpc) is 2.76. The number of hydrogen-bond acceptors (Lipinski definition) is 6. The van der Waals surface area contributed by atoms with Crippen molar-refractivity contribution in [2.45, 2.75) is 13.8 Å². The monoisotopic (exact) mass is 309 g/mol. The maximum atomic E-state index is 12.4. The number of nitrogens with zero attached hydrogens (tertiary/aromatic N) is 2. The molecule has 0 unspecified atom stereocenters. The Morgan fingerprint density at radius 1 is 1.48 bits per heavy atom. The molecule has 0 radical (unpaired) electrons. The van der Waals surface area contributed by atoms with Crippen molar-refractivity contribution in [1.82, 2.24) is 14.9 Å². The van der Waals surface area contributed by atoms with Crippen molar-refractivity contribution in [1.29, 1.82) is 0 Å². The van der Waals surface area contributed by atoms with Gasteiger partial charge in [0.25, 0.3) is 11.5 Å². The van der Waals surface area contributed by atoms with Crippen LogP contribution in [0.1, 0.15) is 22.2 Å². The van der Waals surface area contributed by atoms with Crippen LogP contribution in [-0.4, -0.2) is 46.9 Å². The van der Waals surface area contributed by atoms with E-state index in [0.717, 1.165) is 11.3 Å². The van der Waals surface area contributed by atoms with Crippen LogP contribution in [0.3, 0.4) is 0 Å². The van der Waals surface area contributed by atoms with Gasteiger partial charge in [0.2, 0.25) is 0 Å². The molecule has 0 aliphatic heterocycles. The number of H-pyrrole nitrogens is 1. The standard InChI is InChI=1S/C13H15N3O4S/c1-4-20-8(17)5-16(3)13(19)10-7(2)9-11(18)14-6-15-12(9)21-10/h6H,4-5H2,1-3H3,(H,14,15,18). The van der Waals surface area contributed by atoms with Gasteiger partial charge < -0.3 is 14.6 Å². The van der Waals surface area contributed by atoms with Crippen LogP contribution in [-0.2, 0) is 9.53 Å². The number of likely N-dealkylation sites (N-methyl/N-ethyl adjacent to an activating group) is 1. The number of esters is 1. The van der Waals surface area contributed by atoms with E-state index < -0.39 is 5.97 Å². The number of amides is 1. The molecule has 0 spiro atoms. The van der Waals surface area contributed by atoms with E-state index in [0.29, 0.717) is 20.7 Å². The van der Waals surface area contributed by atoms with Crippen LogP contribution in [0.2, 0.25) is 0 Å². The Bertz CT molecular complexity index is 749. The van der Waals surface area contributed by atoms with E-state index in [1.165, 1.54) is 18.3 Å². The Balaban J connectivity index is 2.32. The lowest BCUT2D eigenvalue weighted by atomic mass is 10.2. The van der Waals surface area contributed by atoms with E-state index in [-0.39, 0.29) is 24.6 Å². The number of fused-ring (bicyclic) bond motifs is 1. The summed E-state index contributed by atoms with van der Waals surface area (Å²) in [6.07, 6.45) is 1.30. The molecule has 0 fully saturated rings. The first kappa shape index (κ1) is 15.2. The summed E-state index contributed by atoms with van der Waals surface area (Å²) >= 11 is 1.14. The molecule has 21 heavy (non-hydrogen) atoms. The average molecular weight is 309 g/mol. The Labute approximate surface area is 124 Å². The highest BCUT2D eigenvalue weighted by molar-refractivity contribution is 7.20. The number of thiophene rings is 1. The Morgan fingerprint density at radius 3 is 2.81 bits per heavy atom. The largest absolute Gasteiger partial charge is 0.465 e. The third kappa shape index (κ3) is 2.94. The van der Waals surface area contributed by atoms with Gasteiger partial charge in [-0.25, -0.2) is 4.98 Å².